The summed E-state index contributed by atoms with van der Waals surface area (Å²) in [6.45, 7) is 9.47. The maximum absolute atomic E-state index is 12.9. The van der Waals surface area contributed by atoms with E-state index in [1.807, 2.05) is 31.2 Å². The van der Waals surface area contributed by atoms with Gasteiger partial charge in [0.2, 0.25) is 0 Å². The van der Waals surface area contributed by atoms with Gasteiger partial charge in [-0.15, -0.1) is 0 Å². The number of quaternary nitrogens is 1. The van der Waals surface area contributed by atoms with Gasteiger partial charge in [-0.1, -0.05) is 41.6 Å². The lowest BCUT2D eigenvalue weighted by atomic mass is 10.1. The Hall–Kier alpha value is -2.45. The topological polar surface area (TPSA) is 74.2 Å². The largest absolute Gasteiger partial charge is 0.335 e. The van der Waals surface area contributed by atoms with Crippen LogP contribution in [0.2, 0.25) is 0 Å². The first-order chi connectivity index (χ1) is 13.9. The number of aryl methyl sites for hydroxylation is 2. The summed E-state index contributed by atoms with van der Waals surface area (Å²) in [5.74, 6) is 1.36. The van der Waals surface area contributed by atoms with Crippen LogP contribution in [0.5, 0.6) is 0 Å². The van der Waals surface area contributed by atoms with E-state index in [1.54, 1.807) is 18.8 Å². The van der Waals surface area contributed by atoms with Gasteiger partial charge in [-0.3, -0.25) is 13.9 Å². The minimum atomic E-state index is -0.389. The first kappa shape index (κ1) is 21.3. The SMILES string of the molecule is CC[NH+](CC)CCSc1nc(-c2ccc(C)cc2)nc2c1c(=O)n(C)c(=O)n2C. The van der Waals surface area contributed by atoms with Crippen molar-refractivity contribution in [2.75, 3.05) is 25.4 Å². The van der Waals surface area contributed by atoms with E-state index in [-0.39, 0.29) is 11.2 Å². The van der Waals surface area contributed by atoms with Crippen molar-refractivity contribution >= 4 is 22.8 Å². The number of nitrogens with one attached hydrogen (secondary N) is 1. The van der Waals surface area contributed by atoms with Crippen molar-refractivity contribution < 1.29 is 4.90 Å². The molecule has 29 heavy (non-hydrogen) atoms. The van der Waals surface area contributed by atoms with Gasteiger partial charge in [-0.05, 0) is 20.8 Å². The summed E-state index contributed by atoms with van der Waals surface area (Å²) in [5, 5.41) is 1.04. The van der Waals surface area contributed by atoms with Crippen molar-refractivity contribution in [2.24, 2.45) is 14.1 Å². The number of rotatable bonds is 7. The summed E-state index contributed by atoms with van der Waals surface area (Å²) in [7, 11) is 3.14. The lowest BCUT2D eigenvalue weighted by Crippen LogP contribution is -3.11. The Balaban J connectivity index is 2.16. The van der Waals surface area contributed by atoms with Crippen molar-refractivity contribution in [3.05, 3.63) is 50.7 Å². The molecule has 0 saturated heterocycles. The molecule has 0 atom stereocenters. The molecule has 0 aliphatic carbocycles. The van der Waals surface area contributed by atoms with E-state index in [4.69, 9.17) is 4.98 Å². The van der Waals surface area contributed by atoms with E-state index in [2.05, 4.69) is 18.8 Å². The first-order valence-electron chi connectivity index (χ1n) is 9.88. The van der Waals surface area contributed by atoms with E-state index in [1.165, 1.54) is 16.5 Å². The third-order valence-electron chi connectivity index (χ3n) is 5.27. The molecule has 2 heterocycles. The number of hydrogen-bond donors (Lipinski definition) is 1. The second-order valence-corrected chi connectivity index (χ2v) is 8.26. The molecule has 0 amide bonds. The summed E-state index contributed by atoms with van der Waals surface area (Å²) in [5.41, 5.74) is 1.65. The molecule has 1 aromatic carbocycles. The van der Waals surface area contributed by atoms with Gasteiger partial charge in [0.25, 0.3) is 5.56 Å². The molecule has 8 heteroatoms. The molecule has 0 unspecified atom stereocenters. The summed E-state index contributed by atoms with van der Waals surface area (Å²) < 4.78 is 2.55. The number of benzene rings is 1. The van der Waals surface area contributed by atoms with Crippen LogP contribution in [-0.4, -0.2) is 44.5 Å². The van der Waals surface area contributed by atoms with Crippen molar-refractivity contribution in [1.29, 1.82) is 0 Å². The van der Waals surface area contributed by atoms with Gasteiger partial charge < -0.3 is 4.90 Å². The second-order valence-electron chi connectivity index (χ2n) is 7.18. The van der Waals surface area contributed by atoms with Crippen LogP contribution >= 0.6 is 11.8 Å². The fraction of sp³-hybridized carbons (Fsp3) is 0.429. The molecule has 3 rings (SSSR count). The monoisotopic (exact) mass is 414 g/mol. The van der Waals surface area contributed by atoms with Crippen LogP contribution in [0.1, 0.15) is 19.4 Å². The zero-order valence-electron chi connectivity index (χ0n) is 17.7. The van der Waals surface area contributed by atoms with Crippen LogP contribution in [0.4, 0.5) is 0 Å². The summed E-state index contributed by atoms with van der Waals surface area (Å²) in [6.07, 6.45) is 0. The third-order valence-corrected chi connectivity index (χ3v) is 6.25. The highest BCUT2D eigenvalue weighted by atomic mass is 32.2. The Morgan fingerprint density at radius 1 is 1.00 bits per heavy atom. The first-order valence-corrected chi connectivity index (χ1v) is 10.9. The molecule has 0 spiro atoms. The van der Waals surface area contributed by atoms with Crippen molar-refractivity contribution in [3.63, 3.8) is 0 Å². The standard InChI is InChI=1S/C21H27N5O2S/c1-6-26(7-2)12-13-29-19-16-18(24(4)21(28)25(5)20(16)27)22-17(23-19)15-10-8-14(3)9-11-15/h8-11H,6-7,12-13H2,1-5H3/p+1. The Labute approximate surface area is 174 Å². The molecule has 0 saturated carbocycles. The van der Waals surface area contributed by atoms with Gasteiger partial charge >= 0.3 is 5.69 Å². The Bertz CT molecular complexity index is 1130. The smallest absolute Gasteiger partial charge is 0.332 e. The van der Waals surface area contributed by atoms with Crippen LogP contribution in [0.15, 0.2) is 38.9 Å². The van der Waals surface area contributed by atoms with Crippen LogP contribution in [0.25, 0.3) is 22.4 Å². The van der Waals surface area contributed by atoms with E-state index in [9.17, 15) is 9.59 Å². The van der Waals surface area contributed by atoms with Gasteiger partial charge in [-0.2, -0.15) is 0 Å². The Morgan fingerprint density at radius 3 is 2.28 bits per heavy atom. The number of fused-ring (bicyclic) bond motifs is 1. The highest BCUT2D eigenvalue weighted by Crippen LogP contribution is 2.25. The summed E-state index contributed by atoms with van der Waals surface area (Å²) in [6, 6.07) is 7.93. The third kappa shape index (κ3) is 4.28. The fourth-order valence-electron chi connectivity index (χ4n) is 3.26. The van der Waals surface area contributed by atoms with Crippen molar-refractivity contribution in [2.45, 2.75) is 25.8 Å². The van der Waals surface area contributed by atoms with E-state index >= 15 is 0 Å². The average molecular weight is 415 g/mol. The maximum atomic E-state index is 12.9. The minimum absolute atomic E-state index is 0.351. The number of aromatic nitrogens is 4. The molecule has 3 aromatic rings. The van der Waals surface area contributed by atoms with E-state index in [0.29, 0.717) is 21.9 Å². The highest BCUT2D eigenvalue weighted by molar-refractivity contribution is 7.99. The molecule has 0 aliphatic heterocycles. The van der Waals surface area contributed by atoms with Crippen LogP contribution in [-0.2, 0) is 14.1 Å². The number of thioether (sulfide) groups is 1. The lowest BCUT2D eigenvalue weighted by Gasteiger charge is -2.15. The molecule has 0 fully saturated rings. The van der Waals surface area contributed by atoms with Crippen molar-refractivity contribution in [1.82, 2.24) is 19.1 Å². The molecule has 0 radical (unpaired) electrons. The van der Waals surface area contributed by atoms with Gasteiger partial charge in [-0.25, -0.2) is 14.8 Å². The predicted molar refractivity (Wildman–Crippen MR) is 118 cm³/mol. The maximum Gasteiger partial charge on any atom is 0.332 e. The highest BCUT2D eigenvalue weighted by Gasteiger charge is 2.18. The minimum Gasteiger partial charge on any atom is -0.335 e. The number of nitrogens with zero attached hydrogens (tertiary/aromatic N) is 4. The Kier molecular flexibility index (Phi) is 6.54. The van der Waals surface area contributed by atoms with Crippen LogP contribution in [0.3, 0.4) is 0 Å². The van der Waals surface area contributed by atoms with Gasteiger partial charge in [0.15, 0.2) is 11.5 Å². The fourth-order valence-corrected chi connectivity index (χ4v) is 4.32. The zero-order chi connectivity index (χ0) is 21.1. The molecular formula is C21H28N5O2S+. The quantitative estimate of drug-likeness (QED) is 0.462. The number of hydrogen-bond acceptors (Lipinski definition) is 5. The van der Waals surface area contributed by atoms with Crippen LogP contribution in [0, 0.1) is 6.92 Å². The second kappa shape index (κ2) is 8.92. The summed E-state index contributed by atoms with van der Waals surface area (Å²) in [4.78, 5) is 36.1. The molecule has 2 aromatic heterocycles. The predicted octanol–water partition coefficient (Wildman–Crippen LogP) is 1.02. The normalized spacial score (nSPS) is 11.5. The molecule has 1 N–H and O–H groups in total. The zero-order valence-corrected chi connectivity index (χ0v) is 18.5. The van der Waals surface area contributed by atoms with Crippen molar-refractivity contribution in [3.8, 4) is 11.4 Å². The van der Waals surface area contributed by atoms with Crippen LogP contribution < -0.4 is 16.1 Å². The Morgan fingerprint density at radius 2 is 1.66 bits per heavy atom. The van der Waals surface area contributed by atoms with Gasteiger partial charge in [0.1, 0.15) is 10.4 Å². The van der Waals surface area contributed by atoms with E-state index < -0.39 is 0 Å². The van der Waals surface area contributed by atoms with Gasteiger partial charge in [0.05, 0.1) is 19.6 Å². The lowest BCUT2D eigenvalue weighted by molar-refractivity contribution is -0.893. The van der Waals surface area contributed by atoms with Gasteiger partial charge in [0, 0.05) is 25.4 Å². The molecule has 7 nitrogen and oxygen atoms in total. The van der Waals surface area contributed by atoms with E-state index in [0.717, 1.165) is 41.1 Å². The molecule has 154 valence electrons. The molecule has 0 bridgehead atoms. The molecule has 0 aliphatic rings. The molecular weight excluding hydrogens is 386 g/mol. The average Bonchev–Trinajstić information content (AvgIpc) is 2.73. The summed E-state index contributed by atoms with van der Waals surface area (Å²) >= 11 is 1.56.